The van der Waals surface area contributed by atoms with Gasteiger partial charge in [0.25, 0.3) is 0 Å². The van der Waals surface area contributed by atoms with Gasteiger partial charge in [0.2, 0.25) is 0 Å². The molecule has 0 fully saturated rings. The van der Waals surface area contributed by atoms with Crippen molar-refractivity contribution in [1.29, 1.82) is 0 Å². The molecule has 0 radical (unpaired) electrons. The topological polar surface area (TPSA) is 45.1 Å². The van der Waals surface area contributed by atoms with E-state index in [-0.39, 0.29) is 24.8 Å². The van der Waals surface area contributed by atoms with Gasteiger partial charge in [0.05, 0.1) is 6.10 Å². The van der Waals surface area contributed by atoms with Gasteiger partial charge in [0.1, 0.15) is 0 Å². The highest BCUT2D eigenvalue weighted by molar-refractivity contribution is 5.85. The van der Waals surface area contributed by atoms with E-state index >= 15 is 0 Å². The van der Waals surface area contributed by atoms with Crippen LogP contribution in [0.2, 0.25) is 0 Å². The van der Waals surface area contributed by atoms with Crippen LogP contribution in [-0.2, 0) is 0 Å². The summed E-state index contributed by atoms with van der Waals surface area (Å²) in [7, 11) is 1.81. The fraction of sp³-hybridized carbons (Fsp3) is 0.375. The molecule has 0 aromatic carbocycles. The number of aliphatic hydroxyl groups excluding tert-OH is 1. The van der Waals surface area contributed by atoms with E-state index < -0.39 is 6.10 Å². The number of rotatable bonds is 3. The molecular weight excluding hydrogens is 211 g/mol. The normalized spacial score (nSPS) is 10.9. The SMILES string of the molecule is CNCC(O)c1cccnc1.Cl.Cl. The third kappa shape index (κ3) is 5.05. The number of hydrogen-bond donors (Lipinski definition) is 2. The van der Waals surface area contributed by atoms with Gasteiger partial charge in [-0.2, -0.15) is 0 Å². The van der Waals surface area contributed by atoms with Crippen molar-refractivity contribution in [3.8, 4) is 0 Å². The third-order valence-corrected chi connectivity index (χ3v) is 1.47. The molecule has 0 bridgehead atoms. The van der Waals surface area contributed by atoms with Gasteiger partial charge in [-0.25, -0.2) is 0 Å². The van der Waals surface area contributed by atoms with Gasteiger partial charge >= 0.3 is 0 Å². The Balaban J connectivity index is 0. The van der Waals surface area contributed by atoms with Crippen molar-refractivity contribution in [3.05, 3.63) is 30.1 Å². The van der Waals surface area contributed by atoms with Crippen LogP contribution in [0.4, 0.5) is 0 Å². The van der Waals surface area contributed by atoms with Gasteiger partial charge in [-0.15, -0.1) is 24.8 Å². The smallest absolute Gasteiger partial charge is 0.0929 e. The number of nitrogens with zero attached hydrogens (tertiary/aromatic N) is 1. The maximum Gasteiger partial charge on any atom is 0.0929 e. The fourth-order valence-corrected chi connectivity index (χ4v) is 0.884. The molecule has 1 rings (SSSR count). The highest BCUT2D eigenvalue weighted by Gasteiger charge is 2.03. The monoisotopic (exact) mass is 224 g/mol. The fourth-order valence-electron chi connectivity index (χ4n) is 0.884. The van der Waals surface area contributed by atoms with Crippen molar-refractivity contribution in [1.82, 2.24) is 10.3 Å². The van der Waals surface area contributed by atoms with E-state index in [9.17, 15) is 5.11 Å². The largest absolute Gasteiger partial charge is 0.387 e. The molecule has 0 saturated carbocycles. The van der Waals surface area contributed by atoms with Crippen molar-refractivity contribution in [2.24, 2.45) is 0 Å². The van der Waals surface area contributed by atoms with Crippen molar-refractivity contribution < 1.29 is 5.11 Å². The van der Waals surface area contributed by atoms with Crippen molar-refractivity contribution in [2.75, 3.05) is 13.6 Å². The van der Waals surface area contributed by atoms with Crippen LogP contribution in [0.5, 0.6) is 0 Å². The van der Waals surface area contributed by atoms with Gasteiger partial charge in [-0.3, -0.25) is 4.98 Å². The summed E-state index contributed by atoms with van der Waals surface area (Å²) in [6.45, 7) is 0.561. The molecule has 0 spiro atoms. The quantitative estimate of drug-likeness (QED) is 0.811. The van der Waals surface area contributed by atoms with Crippen molar-refractivity contribution >= 4 is 24.8 Å². The van der Waals surface area contributed by atoms with E-state index in [1.165, 1.54) is 0 Å². The van der Waals surface area contributed by atoms with Crippen LogP contribution in [0.25, 0.3) is 0 Å². The first kappa shape index (κ1) is 15.1. The number of likely N-dealkylation sites (N-methyl/N-ethyl adjacent to an activating group) is 1. The minimum absolute atomic E-state index is 0. The number of nitrogens with one attached hydrogen (secondary N) is 1. The molecule has 0 amide bonds. The molecule has 2 N–H and O–H groups in total. The Bertz CT molecular complexity index is 209. The third-order valence-electron chi connectivity index (χ3n) is 1.47. The molecule has 1 unspecified atom stereocenters. The summed E-state index contributed by atoms with van der Waals surface area (Å²) >= 11 is 0. The lowest BCUT2D eigenvalue weighted by atomic mass is 10.2. The maximum absolute atomic E-state index is 9.42. The predicted octanol–water partition coefficient (Wildman–Crippen LogP) is 1.18. The molecule has 0 saturated heterocycles. The number of halogens is 2. The molecule has 3 nitrogen and oxygen atoms in total. The molecular formula is C8H14Cl2N2O. The molecule has 76 valence electrons. The van der Waals surface area contributed by atoms with Gasteiger partial charge < -0.3 is 10.4 Å². The Morgan fingerprint density at radius 3 is 2.69 bits per heavy atom. The summed E-state index contributed by atoms with van der Waals surface area (Å²) in [5.41, 5.74) is 0.849. The Morgan fingerprint density at radius 1 is 1.54 bits per heavy atom. The lowest BCUT2D eigenvalue weighted by molar-refractivity contribution is 0.177. The van der Waals surface area contributed by atoms with Crippen LogP contribution < -0.4 is 5.32 Å². The average molecular weight is 225 g/mol. The maximum atomic E-state index is 9.42. The predicted molar refractivity (Wildman–Crippen MR) is 57.6 cm³/mol. The van der Waals surface area contributed by atoms with Crippen LogP contribution in [0.3, 0.4) is 0 Å². The van der Waals surface area contributed by atoms with Gasteiger partial charge in [-0.1, -0.05) is 6.07 Å². The molecule has 0 aliphatic heterocycles. The van der Waals surface area contributed by atoms with Crippen LogP contribution in [0.15, 0.2) is 24.5 Å². The minimum Gasteiger partial charge on any atom is -0.387 e. The molecule has 1 atom stereocenters. The highest BCUT2D eigenvalue weighted by Crippen LogP contribution is 2.08. The van der Waals surface area contributed by atoms with Gasteiger partial charge in [-0.05, 0) is 13.1 Å². The second-order valence-electron chi connectivity index (χ2n) is 2.36. The second-order valence-corrected chi connectivity index (χ2v) is 2.36. The zero-order valence-corrected chi connectivity index (χ0v) is 8.94. The van der Waals surface area contributed by atoms with Crippen molar-refractivity contribution in [3.63, 3.8) is 0 Å². The Morgan fingerprint density at radius 2 is 2.23 bits per heavy atom. The first-order valence-corrected chi connectivity index (χ1v) is 3.57. The average Bonchev–Trinajstić information content (AvgIpc) is 2.07. The summed E-state index contributed by atoms with van der Waals surface area (Å²) in [5.74, 6) is 0. The van der Waals surface area contributed by atoms with Gasteiger partial charge in [0, 0.05) is 24.5 Å². The van der Waals surface area contributed by atoms with E-state index in [4.69, 9.17) is 0 Å². The summed E-state index contributed by atoms with van der Waals surface area (Å²) in [4.78, 5) is 3.90. The summed E-state index contributed by atoms with van der Waals surface area (Å²) in [6.07, 6.45) is 2.91. The second kappa shape index (κ2) is 8.26. The molecule has 1 aromatic heterocycles. The molecule has 0 aliphatic rings. The van der Waals surface area contributed by atoms with Crippen LogP contribution in [0.1, 0.15) is 11.7 Å². The first-order valence-electron chi connectivity index (χ1n) is 3.57. The molecule has 0 aliphatic carbocycles. The molecule has 1 heterocycles. The van der Waals surface area contributed by atoms with E-state index in [0.717, 1.165) is 5.56 Å². The van der Waals surface area contributed by atoms with Crippen molar-refractivity contribution in [2.45, 2.75) is 6.10 Å². The van der Waals surface area contributed by atoms with Crippen LogP contribution in [-0.4, -0.2) is 23.7 Å². The minimum atomic E-state index is -0.450. The summed E-state index contributed by atoms with van der Waals surface area (Å²) < 4.78 is 0. The van der Waals surface area contributed by atoms with E-state index in [2.05, 4.69) is 10.3 Å². The number of aliphatic hydroxyl groups is 1. The van der Waals surface area contributed by atoms with E-state index in [1.807, 2.05) is 12.1 Å². The van der Waals surface area contributed by atoms with E-state index in [0.29, 0.717) is 6.54 Å². The molecule has 5 heteroatoms. The molecule has 1 aromatic rings. The Kier molecular flexibility index (Phi) is 9.61. The van der Waals surface area contributed by atoms with Crippen LogP contribution in [0, 0.1) is 0 Å². The number of pyridine rings is 1. The summed E-state index contributed by atoms with van der Waals surface area (Å²) in [5, 5.41) is 12.3. The van der Waals surface area contributed by atoms with Gasteiger partial charge in [0.15, 0.2) is 0 Å². The zero-order valence-electron chi connectivity index (χ0n) is 7.30. The van der Waals surface area contributed by atoms with Crippen LogP contribution >= 0.6 is 24.8 Å². The highest BCUT2D eigenvalue weighted by atomic mass is 35.5. The standard InChI is InChI=1S/C8H12N2O.2ClH/c1-9-6-8(11)7-3-2-4-10-5-7;;/h2-5,8-9,11H,6H2,1H3;2*1H. The lowest BCUT2D eigenvalue weighted by Gasteiger charge is -2.08. The first-order chi connectivity index (χ1) is 5.34. The van der Waals surface area contributed by atoms with E-state index in [1.54, 1.807) is 19.4 Å². The lowest BCUT2D eigenvalue weighted by Crippen LogP contribution is -2.16. The summed E-state index contributed by atoms with van der Waals surface area (Å²) in [6, 6.07) is 3.67. The molecule has 13 heavy (non-hydrogen) atoms. The number of hydrogen-bond acceptors (Lipinski definition) is 3. The zero-order chi connectivity index (χ0) is 8.10. The Labute approximate surface area is 90.4 Å². The number of aromatic nitrogens is 1. The Hall–Kier alpha value is -0.350.